The van der Waals surface area contributed by atoms with Crippen LogP contribution in [-0.2, 0) is 4.74 Å². The number of hydrogen-bond donors (Lipinski definition) is 3. The zero-order chi connectivity index (χ0) is 13.8. The van der Waals surface area contributed by atoms with Gasteiger partial charge in [-0.25, -0.2) is 4.98 Å². The predicted octanol–water partition coefficient (Wildman–Crippen LogP) is 1.34. The van der Waals surface area contributed by atoms with Gasteiger partial charge in [-0.2, -0.15) is 0 Å². The van der Waals surface area contributed by atoms with Crippen molar-refractivity contribution in [3.05, 3.63) is 28.6 Å². The maximum atomic E-state index is 11.9. The number of nitrogens with one attached hydrogen (secondary N) is 2. The van der Waals surface area contributed by atoms with E-state index in [0.29, 0.717) is 35.8 Å². The molecule has 2 rings (SSSR count). The van der Waals surface area contributed by atoms with Gasteiger partial charge >= 0.3 is 0 Å². The molecular formula is C13H18N4O2. The van der Waals surface area contributed by atoms with Crippen LogP contribution in [-0.4, -0.2) is 29.2 Å². The number of nitrogens with zero attached hydrogens (tertiary/aromatic N) is 1. The van der Waals surface area contributed by atoms with Gasteiger partial charge in [0.1, 0.15) is 0 Å². The molecule has 0 saturated heterocycles. The molecule has 102 valence electrons. The van der Waals surface area contributed by atoms with Crippen LogP contribution < -0.4 is 16.6 Å². The van der Waals surface area contributed by atoms with Crippen LogP contribution in [0.2, 0.25) is 0 Å². The van der Waals surface area contributed by atoms with Gasteiger partial charge in [0.15, 0.2) is 0 Å². The molecule has 6 nitrogen and oxygen atoms in total. The van der Waals surface area contributed by atoms with E-state index in [2.05, 4.69) is 15.3 Å². The van der Waals surface area contributed by atoms with Crippen LogP contribution in [0.15, 0.2) is 23.0 Å². The summed E-state index contributed by atoms with van der Waals surface area (Å²) >= 11 is 0. The molecule has 0 aliphatic carbocycles. The van der Waals surface area contributed by atoms with E-state index in [4.69, 9.17) is 10.5 Å². The molecule has 0 radical (unpaired) electrons. The first-order chi connectivity index (χ1) is 9.10. The number of rotatable bonds is 5. The molecule has 1 heterocycles. The van der Waals surface area contributed by atoms with Gasteiger partial charge in [0.05, 0.1) is 17.5 Å². The Kier molecular flexibility index (Phi) is 4.01. The van der Waals surface area contributed by atoms with E-state index < -0.39 is 0 Å². The van der Waals surface area contributed by atoms with Gasteiger partial charge in [0, 0.05) is 18.3 Å². The smallest absolute Gasteiger partial charge is 0.260 e. The molecule has 1 atom stereocenters. The Labute approximate surface area is 111 Å². The van der Waals surface area contributed by atoms with Crippen LogP contribution in [0.3, 0.4) is 0 Å². The minimum Gasteiger partial charge on any atom is -0.399 e. The van der Waals surface area contributed by atoms with E-state index in [0.717, 1.165) is 0 Å². The van der Waals surface area contributed by atoms with Crippen LogP contribution in [0.25, 0.3) is 10.9 Å². The van der Waals surface area contributed by atoms with Gasteiger partial charge in [-0.1, -0.05) is 0 Å². The largest absolute Gasteiger partial charge is 0.399 e. The molecule has 1 aromatic heterocycles. The summed E-state index contributed by atoms with van der Waals surface area (Å²) in [6, 6.07) is 5.14. The number of benzene rings is 1. The highest BCUT2D eigenvalue weighted by Gasteiger charge is 2.07. The molecular weight excluding hydrogens is 244 g/mol. The molecule has 1 unspecified atom stereocenters. The summed E-state index contributed by atoms with van der Waals surface area (Å²) in [6.07, 6.45) is 0. The number of nitrogen functional groups attached to an aromatic ring is 1. The Morgan fingerprint density at radius 1 is 1.53 bits per heavy atom. The fourth-order valence-corrected chi connectivity index (χ4v) is 1.79. The Bertz CT molecular complexity index is 624. The Morgan fingerprint density at radius 2 is 2.32 bits per heavy atom. The van der Waals surface area contributed by atoms with Crippen LogP contribution in [0.4, 0.5) is 11.6 Å². The molecule has 6 heteroatoms. The molecule has 0 amide bonds. The second-order valence-corrected chi connectivity index (χ2v) is 4.40. The molecule has 0 bridgehead atoms. The Balaban J connectivity index is 2.26. The number of fused-ring (bicyclic) bond motifs is 1. The lowest BCUT2D eigenvalue weighted by atomic mass is 10.2. The van der Waals surface area contributed by atoms with Crippen molar-refractivity contribution in [2.75, 3.05) is 24.3 Å². The number of ether oxygens (including phenoxy) is 1. The topological polar surface area (TPSA) is 93.0 Å². The monoisotopic (exact) mass is 262 g/mol. The van der Waals surface area contributed by atoms with Crippen molar-refractivity contribution in [3.63, 3.8) is 0 Å². The lowest BCUT2D eigenvalue weighted by Gasteiger charge is -2.14. The maximum Gasteiger partial charge on any atom is 0.260 e. The molecule has 0 aliphatic heterocycles. The minimum atomic E-state index is -0.205. The average molecular weight is 262 g/mol. The van der Waals surface area contributed by atoms with Crippen molar-refractivity contribution < 1.29 is 4.74 Å². The number of aromatic amines is 1. The minimum absolute atomic E-state index is 0.0642. The predicted molar refractivity (Wildman–Crippen MR) is 76.4 cm³/mol. The zero-order valence-corrected chi connectivity index (χ0v) is 11.1. The molecule has 19 heavy (non-hydrogen) atoms. The van der Waals surface area contributed by atoms with Crippen molar-refractivity contribution in [1.29, 1.82) is 0 Å². The summed E-state index contributed by atoms with van der Waals surface area (Å²) in [4.78, 5) is 19.0. The summed E-state index contributed by atoms with van der Waals surface area (Å²) in [5, 5.41) is 3.59. The summed E-state index contributed by atoms with van der Waals surface area (Å²) in [5.41, 5.74) is 6.61. The van der Waals surface area contributed by atoms with E-state index in [1.54, 1.807) is 18.2 Å². The van der Waals surface area contributed by atoms with E-state index in [-0.39, 0.29) is 11.6 Å². The number of aromatic nitrogens is 2. The second kappa shape index (κ2) is 5.71. The molecule has 0 spiro atoms. The van der Waals surface area contributed by atoms with Gasteiger partial charge in [0.25, 0.3) is 5.56 Å². The van der Waals surface area contributed by atoms with E-state index in [9.17, 15) is 4.79 Å². The maximum absolute atomic E-state index is 11.9. The van der Waals surface area contributed by atoms with Crippen LogP contribution in [0.1, 0.15) is 13.8 Å². The lowest BCUT2D eigenvalue weighted by Crippen LogP contribution is -2.24. The first-order valence-corrected chi connectivity index (χ1v) is 6.24. The Morgan fingerprint density at radius 3 is 3.05 bits per heavy atom. The van der Waals surface area contributed by atoms with Crippen LogP contribution in [0, 0.1) is 0 Å². The standard InChI is InChI=1S/C13H18N4O2/c1-3-19-7-8(2)15-13-16-11-5-4-9(14)6-10(11)12(18)17-13/h4-6,8H,3,7,14H2,1-2H3,(H2,15,16,17,18). The third-order valence-corrected chi connectivity index (χ3v) is 2.68. The van der Waals surface area contributed by atoms with Gasteiger partial charge < -0.3 is 15.8 Å². The van der Waals surface area contributed by atoms with E-state index >= 15 is 0 Å². The number of hydrogen-bond acceptors (Lipinski definition) is 5. The first kappa shape index (κ1) is 13.4. The van der Waals surface area contributed by atoms with Gasteiger partial charge in [-0.3, -0.25) is 9.78 Å². The van der Waals surface area contributed by atoms with Gasteiger partial charge in [0.2, 0.25) is 5.95 Å². The highest BCUT2D eigenvalue weighted by atomic mass is 16.5. The van der Waals surface area contributed by atoms with Gasteiger partial charge in [-0.15, -0.1) is 0 Å². The molecule has 0 fully saturated rings. The van der Waals surface area contributed by atoms with Crippen molar-refractivity contribution in [3.8, 4) is 0 Å². The van der Waals surface area contributed by atoms with E-state index in [1.807, 2.05) is 13.8 Å². The summed E-state index contributed by atoms with van der Waals surface area (Å²) in [7, 11) is 0. The van der Waals surface area contributed by atoms with Crippen LogP contribution >= 0.6 is 0 Å². The average Bonchev–Trinajstić information content (AvgIpc) is 2.37. The molecule has 1 aromatic carbocycles. The molecule has 0 aliphatic rings. The zero-order valence-electron chi connectivity index (χ0n) is 11.1. The number of H-pyrrole nitrogens is 1. The third-order valence-electron chi connectivity index (χ3n) is 2.68. The number of anilines is 2. The van der Waals surface area contributed by atoms with Crippen molar-refractivity contribution in [2.45, 2.75) is 19.9 Å². The first-order valence-electron chi connectivity index (χ1n) is 6.24. The molecule has 4 N–H and O–H groups in total. The quantitative estimate of drug-likeness (QED) is 0.707. The van der Waals surface area contributed by atoms with Crippen molar-refractivity contribution >= 4 is 22.5 Å². The summed E-state index contributed by atoms with van der Waals surface area (Å²) in [6.45, 7) is 5.11. The SMILES string of the molecule is CCOCC(C)Nc1nc2ccc(N)cc2c(=O)[nH]1. The third kappa shape index (κ3) is 3.23. The van der Waals surface area contributed by atoms with E-state index in [1.165, 1.54) is 0 Å². The van der Waals surface area contributed by atoms with Crippen LogP contribution in [0.5, 0.6) is 0 Å². The highest BCUT2D eigenvalue weighted by molar-refractivity contribution is 5.81. The summed E-state index contributed by atoms with van der Waals surface area (Å²) < 4.78 is 5.30. The Hall–Kier alpha value is -2.08. The second-order valence-electron chi connectivity index (χ2n) is 4.40. The summed E-state index contributed by atoms with van der Waals surface area (Å²) in [5.74, 6) is 0.439. The highest BCUT2D eigenvalue weighted by Crippen LogP contribution is 2.13. The molecule has 0 saturated carbocycles. The fraction of sp³-hybridized carbons (Fsp3) is 0.385. The number of nitrogens with two attached hydrogens (primary N) is 1. The lowest BCUT2D eigenvalue weighted by molar-refractivity contribution is 0.141. The van der Waals surface area contributed by atoms with Crippen molar-refractivity contribution in [2.24, 2.45) is 0 Å². The molecule has 2 aromatic rings. The normalized spacial score (nSPS) is 12.5. The fourth-order valence-electron chi connectivity index (χ4n) is 1.79. The van der Waals surface area contributed by atoms with Crippen molar-refractivity contribution in [1.82, 2.24) is 9.97 Å². The van der Waals surface area contributed by atoms with Gasteiger partial charge in [-0.05, 0) is 32.0 Å².